The van der Waals surface area contributed by atoms with E-state index < -0.39 is 0 Å². The van der Waals surface area contributed by atoms with Crippen LogP contribution in [0.15, 0.2) is 67.0 Å². The lowest BCUT2D eigenvalue weighted by Gasteiger charge is -2.09. The molecule has 0 unspecified atom stereocenters. The molecule has 148 valence electrons. The van der Waals surface area contributed by atoms with Gasteiger partial charge in [0.2, 0.25) is 6.79 Å². The second-order valence-corrected chi connectivity index (χ2v) is 6.85. The van der Waals surface area contributed by atoms with Gasteiger partial charge in [0.1, 0.15) is 0 Å². The van der Waals surface area contributed by atoms with Gasteiger partial charge >= 0.3 is 0 Å². The van der Waals surface area contributed by atoms with Crippen LogP contribution in [-0.4, -0.2) is 24.2 Å². The summed E-state index contributed by atoms with van der Waals surface area (Å²) in [4.78, 5) is 16.6. The number of benzene rings is 2. The van der Waals surface area contributed by atoms with Crippen molar-refractivity contribution in [2.45, 2.75) is 19.4 Å². The van der Waals surface area contributed by atoms with Crippen LogP contribution in [0.2, 0.25) is 0 Å². The van der Waals surface area contributed by atoms with Gasteiger partial charge < -0.3 is 20.1 Å². The predicted molar refractivity (Wildman–Crippen MR) is 111 cm³/mol. The topological polar surface area (TPSA) is 72.5 Å². The standard InChI is InChI=1S/C23H23N3O3/c27-23(25-10-4-7-17-5-2-1-3-6-17)19-12-20(15-24-14-19)26-13-18-8-9-21-22(11-18)29-16-28-21/h1-3,5-6,8-9,11-12,14-15,26H,4,7,10,13,16H2,(H,25,27). The van der Waals surface area contributed by atoms with Crippen LogP contribution < -0.4 is 20.1 Å². The van der Waals surface area contributed by atoms with Crippen LogP contribution in [0.1, 0.15) is 27.9 Å². The number of rotatable bonds is 8. The fraction of sp³-hybridized carbons (Fsp3) is 0.217. The van der Waals surface area contributed by atoms with E-state index >= 15 is 0 Å². The minimum atomic E-state index is -0.114. The number of hydrogen-bond acceptors (Lipinski definition) is 5. The average molecular weight is 389 g/mol. The zero-order valence-corrected chi connectivity index (χ0v) is 16.1. The third-order valence-electron chi connectivity index (χ3n) is 4.70. The molecule has 2 N–H and O–H groups in total. The minimum absolute atomic E-state index is 0.114. The molecule has 0 radical (unpaired) electrons. The first kappa shape index (κ1) is 18.8. The van der Waals surface area contributed by atoms with E-state index in [-0.39, 0.29) is 12.7 Å². The highest BCUT2D eigenvalue weighted by Gasteiger charge is 2.13. The number of anilines is 1. The molecular formula is C23H23N3O3. The Balaban J connectivity index is 1.27. The van der Waals surface area contributed by atoms with Gasteiger partial charge in [0.15, 0.2) is 11.5 Å². The summed E-state index contributed by atoms with van der Waals surface area (Å²) in [5.74, 6) is 1.41. The van der Waals surface area contributed by atoms with Crippen LogP contribution in [0.25, 0.3) is 0 Å². The number of carbonyl (C=O) groups is 1. The quantitative estimate of drug-likeness (QED) is 0.574. The number of ether oxygens (including phenoxy) is 2. The van der Waals surface area contributed by atoms with Gasteiger partial charge in [-0.15, -0.1) is 0 Å². The number of fused-ring (bicyclic) bond motifs is 1. The lowest BCUT2D eigenvalue weighted by molar-refractivity contribution is 0.0953. The summed E-state index contributed by atoms with van der Waals surface area (Å²) in [6, 6.07) is 17.9. The summed E-state index contributed by atoms with van der Waals surface area (Å²) in [5, 5.41) is 6.26. The number of carbonyl (C=O) groups excluding carboxylic acids is 1. The van der Waals surface area contributed by atoms with Crippen LogP contribution in [0.3, 0.4) is 0 Å². The van der Waals surface area contributed by atoms with E-state index in [0.717, 1.165) is 35.6 Å². The van der Waals surface area contributed by atoms with Gasteiger partial charge in [-0.25, -0.2) is 0 Å². The molecule has 1 aliphatic rings. The summed E-state index contributed by atoms with van der Waals surface area (Å²) >= 11 is 0. The molecule has 0 saturated carbocycles. The Labute approximate surface area is 169 Å². The van der Waals surface area contributed by atoms with E-state index in [0.29, 0.717) is 18.7 Å². The van der Waals surface area contributed by atoms with Gasteiger partial charge in [0, 0.05) is 25.5 Å². The average Bonchev–Trinajstić information content (AvgIpc) is 3.24. The number of aromatic nitrogens is 1. The molecule has 0 saturated heterocycles. The summed E-state index contributed by atoms with van der Waals surface area (Å²) < 4.78 is 10.7. The van der Waals surface area contributed by atoms with E-state index in [4.69, 9.17) is 9.47 Å². The van der Waals surface area contributed by atoms with Gasteiger partial charge in [0.05, 0.1) is 11.3 Å². The van der Waals surface area contributed by atoms with Crippen LogP contribution in [0.5, 0.6) is 11.5 Å². The Kier molecular flexibility index (Phi) is 5.90. The van der Waals surface area contributed by atoms with Gasteiger partial charge in [0.25, 0.3) is 5.91 Å². The summed E-state index contributed by atoms with van der Waals surface area (Å²) in [6.45, 7) is 1.49. The molecule has 2 aromatic carbocycles. The molecule has 0 bridgehead atoms. The number of amides is 1. The van der Waals surface area contributed by atoms with E-state index in [2.05, 4.69) is 27.8 Å². The van der Waals surface area contributed by atoms with Crippen LogP contribution in [-0.2, 0) is 13.0 Å². The van der Waals surface area contributed by atoms with Crippen molar-refractivity contribution in [2.24, 2.45) is 0 Å². The Morgan fingerprint density at radius 1 is 0.966 bits per heavy atom. The number of pyridine rings is 1. The Bertz CT molecular complexity index is 976. The lowest BCUT2D eigenvalue weighted by atomic mass is 10.1. The van der Waals surface area contributed by atoms with Crippen molar-refractivity contribution in [3.05, 3.63) is 83.7 Å². The maximum atomic E-state index is 12.4. The Morgan fingerprint density at radius 3 is 2.72 bits per heavy atom. The fourth-order valence-corrected chi connectivity index (χ4v) is 3.16. The van der Waals surface area contributed by atoms with Crippen LogP contribution in [0, 0.1) is 0 Å². The van der Waals surface area contributed by atoms with Crippen LogP contribution >= 0.6 is 0 Å². The van der Waals surface area contributed by atoms with Crippen molar-refractivity contribution in [1.82, 2.24) is 10.3 Å². The molecule has 2 heterocycles. The van der Waals surface area contributed by atoms with Crippen molar-refractivity contribution in [1.29, 1.82) is 0 Å². The van der Waals surface area contributed by atoms with Crippen molar-refractivity contribution < 1.29 is 14.3 Å². The zero-order chi connectivity index (χ0) is 19.9. The molecule has 1 aliphatic heterocycles. The Morgan fingerprint density at radius 2 is 1.83 bits per heavy atom. The van der Waals surface area contributed by atoms with Crippen molar-refractivity contribution in [2.75, 3.05) is 18.7 Å². The second kappa shape index (κ2) is 9.10. The van der Waals surface area contributed by atoms with Gasteiger partial charge in [-0.1, -0.05) is 36.4 Å². The highest BCUT2D eigenvalue weighted by atomic mass is 16.7. The van der Waals surface area contributed by atoms with Crippen molar-refractivity contribution >= 4 is 11.6 Å². The summed E-state index contributed by atoms with van der Waals surface area (Å²) in [7, 11) is 0. The first-order valence-electron chi connectivity index (χ1n) is 9.67. The summed E-state index contributed by atoms with van der Waals surface area (Å²) in [5.41, 5.74) is 3.67. The zero-order valence-electron chi connectivity index (χ0n) is 16.1. The number of nitrogens with one attached hydrogen (secondary N) is 2. The van der Waals surface area contributed by atoms with Crippen LogP contribution in [0.4, 0.5) is 5.69 Å². The minimum Gasteiger partial charge on any atom is -0.454 e. The van der Waals surface area contributed by atoms with E-state index in [1.807, 2.05) is 42.5 Å². The number of aryl methyl sites for hydroxylation is 1. The second-order valence-electron chi connectivity index (χ2n) is 6.85. The maximum Gasteiger partial charge on any atom is 0.252 e. The molecule has 6 heteroatoms. The van der Waals surface area contributed by atoms with Gasteiger partial charge in [-0.2, -0.15) is 0 Å². The molecule has 1 amide bonds. The summed E-state index contributed by atoms with van der Waals surface area (Å²) in [6.07, 6.45) is 5.12. The normalized spacial score (nSPS) is 11.9. The fourth-order valence-electron chi connectivity index (χ4n) is 3.16. The molecule has 4 rings (SSSR count). The van der Waals surface area contributed by atoms with Crippen molar-refractivity contribution in [3.8, 4) is 11.5 Å². The molecule has 0 fully saturated rings. The van der Waals surface area contributed by atoms with E-state index in [9.17, 15) is 4.79 Å². The number of hydrogen-bond donors (Lipinski definition) is 2. The Hall–Kier alpha value is -3.54. The largest absolute Gasteiger partial charge is 0.454 e. The smallest absolute Gasteiger partial charge is 0.252 e. The molecule has 29 heavy (non-hydrogen) atoms. The molecule has 0 spiro atoms. The molecule has 1 aromatic heterocycles. The number of nitrogens with zero attached hydrogens (tertiary/aromatic N) is 1. The maximum absolute atomic E-state index is 12.4. The van der Waals surface area contributed by atoms with E-state index in [1.54, 1.807) is 12.4 Å². The third kappa shape index (κ3) is 5.04. The highest BCUT2D eigenvalue weighted by Crippen LogP contribution is 2.32. The molecule has 0 atom stereocenters. The van der Waals surface area contributed by atoms with Gasteiger partial charge in [-0.05, 0) is 42.2 Å². The molecular weight excluding hydrogens is 366 g/mol. The van der Waals surface area contributed by atoms with Crippen molar-refractivity contribution in [3.63, 3.8) is 0 Å². The highest BCUT2D eigenvalue weighted by molar-refractivity contribution is 5.94. The lowest BCUT2D eigenvalue weighted by Crippen LogP contribution is -2.25. The van der Waals surface area contributed by atoms with Gasteiger partial charge in [-0.3, -0.25) is 9.78 Å². The first-order chi connectivity index (χ1) is 14.3. The predicted octanol–water partition coefficient (Wildman–Crippen LogP) is 3.79. The molecule has 0 aliphatic carbocycles. The van der Waals surface area contributed by atoms with E-state index in [1.165, 1.54) is 5.56 Å². The SMILES string of the molecule is O=C(NCCCc1ccccc1)c1cncc(NCc2ccc3c(c2)OCO3)c1. The monoisotopic (exact) mass is 389 g/mol. The molecule has 3 aromatic rings. The molecule has 6 nitrogen and oxygen atoms in total. The third-order valence-corrected chi connectivity index (χ3v) is 4.70. The first-order valence-corrected chi connectivity index (χ1v) is 9.67.